The van der Waals surface area contributed by atoms with E-state index >= 15 is 0 Å². The van der Waals surface area contributed by atoms with Crippen molar-refractivity contribution in [3.05, 3.63) is 84.7 Å². The van der Waals surface area contributed by atoms with E-state index in [1.54, 1.807) is 47.0 Å². The second-order valence-corrected chi connectivity index (χ2v) is 11.5. The third-order valence-electron chi connectivity index (χ3n) is 7.06. The van der Waals surface area contributed by atoms with Gasteiger partial charge < -0.3 is 25.0 Å². The quantitative estimate of drug-likeness (QED) is 0.246. The molecule has 4 aromatic heterocycles. The molecule has 0 unspecified atom stereocenters. The lowest BCUT2D eigenvalue weighted by Crippen LogP contribution is -2.47. The molecule has 0 spiro atoms. The van der Waals surface area contributed by atoms with Crippen LogP contribution in [0.2, 0.25) is 0 Å². The van der Waals surface area contributed by atoms with Crippen molar-refractivity contribution in [2.24, 2.45) is 0 Å². The number of rotatable bonds is 8. The normalized spacial score (nSPS) is 13.8. The molecule has 0 radical (unpaired) electrons. The third-order valence-corrected chi connectivity index (χ3v) is 7.06. The number of benzene rings is 1. The number of fused-ring (bicyclic) bond motifs is 2. The number of likely N-dealkylation sites (tertiary alicyclic amines) is 1. The standard InChI is InChI=1S/C31H33N9O4/c1-20-14-22(7-8-25(20)43-23-9-12-39-26(15-23)33-18-35-39)37-29-28-24(10-13-40(28)36-19-34-29)21-16-38(17-21)27(41)6-5-11-32-30(42)44-31(2,3)4/h5-10,12-15,18-19,21H,11,16-17H2,1-4H3,(H,32,42)(H,34,36,37)/b6-5+. The van der Waals surface area contributed by atoms with Gasteiger partial charge in [0, 0.05) is 55.8 Å². The van der Waals surface area contributed by atoms with Crippen LogP contribution in [0.25, 0.3) is 11.2 Å². The van der Waals surface area contributed by atoms with Crippen LogP contribution in [0.3, 0.4) is 0 Å². The Morgan fingerprint density at radius 3 is 2.59 bits per heavy atom. The van der Waals surface area contributed by atoms with E-state index in [1.165, 1.54) is 18.7 Å². The molecule has 0 atom stereocenters. The van der Waals surface area contributed by atoms with Crippen molar-refractivity contribution in [1.82, 2.24) is 39.4 Å². The Balaban J connectivity index is 1.09. The van der Waals surface area contributed by atoms with Gasteiger partial charge in [-0.3, -0.25) is 4.79 Å². The van der Waals surface area contributed by atoms with Gasteiger partial charge in [0.1, 0.15) is 35.3 Å². The molecular formula is C31H33N9O4. The third kappa shape index (κ3) is 6.31. The van der Waals surface area contributed by atoms with Crippen molar-refractivity contribution in [3.63, 3.8) is 0 Å². The molecule has 226 valence electrons. The summed E-state index contributed by atoms with van der Waals surface area (Å²) in [5.41, 5.74) is 3.85. The monoisotopic (exact) mass is 595 g/mol. The number of carbonyl (C=O) groups is 2. The summed E-state index contributed by atoms with van der Waals surface area (Å²) in [5, 5.41) is 14.5. The van der Waals surface area contributed by atoms with Gasteiger partial charge in [0.25, 0.3) is 0 Å². The Hall–Kier alpha value is -5.46. The molecule has 1 saturated heterocycles. The van der Waals surface area contributed by atoms with Gasteiger partial charge in [-0.05, 0) is 69.2 Å². The first kappa shape index (κ1) is 28.6. The number of aryl methyl sites for hydroxylation is 1. The second-order valence-electron chi connectivity index (χ2n) is 11.5. The molecule has 13 heteroatoms. The first-order chi connectivity index (χ1) is 21.1. The summed E-state index contributed by atoms with van der Waals surface area (Å²) in [4.78, 5) is 34.9. The lowest BCUT2D eigenvalue weighted by molar-refractivity contribution is -0.130. The Morgan fingerprint density at radius 1 is 1.02 bits per heavy atom. The number of hydrogen-bond acceptors (Lipinski definition) is 9. The van der Waals surface area contributed by atoms with E-state index < -0.39 is 11.7 Å². The number of aromatic nitrogens is 6. The topological polar surface area (TPSA) is 140 Å². The highest BCUT2D eigenvalue weighted by molar-refractivity contribution is 5.89. The van der Waals surface area contributed by atoms with Crippen LogP contribution in [-0.4, -0.2) is 71.3 Å². The molecule has 13 nitrogen and oxygen atoms in total. The lowest BCUT2D eigenvalue weighted by atomic mass is 9.92. The van der Waals surface area contributed by atoms with Crippen molar-refractivity contribution in [2.45, 2.75) is 39.2 Å². The summed E-state index contributed by atoms with van der Waals surface area (Å²) in [7, 11) is 0. The molecule has 2 N–H and O–H groups in total. The van der Waals surface area contributed by atoms with Crippen LogP contribution in [-0.2, 0) is 9.53 Å². The fraction of sp³-hybridized carbons (Fsp3) is 0.290. The number of amides is 2. The molecule has 5 heterocycles. The molecule has 1 aliphatic heterocycles. The van der Waals surface area contributed by atoms with Crippen molar-refractivity contribution < 1.29 is 19.1 Å². The van der Waals surface area contributed by atoms with Gasteiger partial charge in [0.05, 0.1) is 0 Å². The molecule has 44 heavy (non-hydrogen) atoms. The number of nitrogens with zero attached hydrogens (tertiary/aromatic N) is 7. The summed E-state index contributed by atoms with van der Waals surface area (Å²) >= 11 is 0. The van der Waals surface area contributed by atoms with E-state index in [-0.39, 0.29) is 18.4 Å². The Labute approximate surface area is 253 Å². The van der Waals surface area contributed by atoms with E-state index in [2.05, 4.69) is 30.8 Å². The van der Waals surface area contributed by atoms with Crippen LogP contribution in [0.15, 0.2) is 73.6 Å². The fourth-order valence-corrected chi connectivity index (χ4v) is 4.94. The molecule has 2 amide bonds. The number of pyridine rings is 1. The predicted octanol–water partition coefficient (Wildman–Crippen LogP) is 4.62. The van der Waals surface area contributed by atoms with Crippen LogP contribution in [0.5, 0.6) is 11.5 Å². The smallest absolute Gasteiger partial charge is 0.407 e. The predicted molar refractivity (Wildman–Crippen MR) is 163 cm³/mol. The average molecular weight is 596 g/mol. The number of alkyl carbamates (subject to hydrolysis) is 1. The first-order valence-electron chi connectivity index (χ1n) is 14.2. The Kier molecular flexibility index (Phi) is 7.60. The lowest BCUT2D eigenvalue weighted by Gasteiger charge is -2.38. The number of ether oxygens (including phenoxy) is 2. The minimum absolute atomic E-state index is 0.107. The van der Waals surface area contributed by atoms with Crippen LogP contribution in [0.4, 0.5) is 16.3 Å². The van der Waals surface area contributed by atoms with Gasteiger partial charge in [-0.2, -0.15) is 10.2 Å². The summed E-state index contributed by atoms with van der Waals surface area (Å²) in [6.45, 7) is 8.72. The van der Waals surface area contributed by atoms with Gasteiger partial charge in [-0.1, -0.05) is 6.08 Å². The van der Waals surface area contributed by atoms with Gasteiger partial charge in [-0.15, -0.1) is 0 Å². The highest BCUT2D eigenvalue weighted by atomic mass is 16.6. The van der Waals surface area contributed by atoms with E-state index in [0.29, 0.717) is 30.3 Å². The van der Waals surface area contributed by atoms with E-state index in [0.717, 1.165) is 28.1 Å². The molecule has 1 aliphatic rings. The van der Waals surface area contributed by atoms with Crippen molar-refractivity contribution in [2.75, 3.05) is 25.0 Å². The highest BCUT2D eigenvalue weighted by Gasteiger charge is 2.33. The number of anilines is 2. The zero-order chi connectivity index (χ0) is 30.8. The Morgan fingerprint density at radius 2 is 1.80 bits per heavy atom. The molecule has 1 aromatic carbocycles. The molecule has 0 bridgehead atoms. The minimum Gasteiger partial charge on any atom is -0.457 e. The molecule has 6 rings (SSSR count). The van der Waals surface area contributed by atoms with Crippen molar-refractivity contribution >= 4 is 34.7 Å². The second kappa shape index (κ2) is 11.7. The van der Waals surface area contributed by atoms with E-state index in [9.17, 15) is 9.59 Å². The van der Waals surface area contributed by atoms with Gasteiger partial charge >= 0.3 is 6.09 Å². The zero-order valence-corrected chi connectivity index (χ0v) is 24.9. The summed E-state index contributed by atoms with van der Waals surface area (Å²) in [6, 6.07) is 11.5. The fourth-order valence-electron chi connectivity index (χ4n) is 4.94. The number of nitrogens with one attached hydrogen (secondary N) is 2. The van der Waals surface area contributed by atoms with Gasteiger partial charge in [-0.25, -0.2) is 23.8 Å². The molecule has 0 aliphatic carbocycles. The van der Waals surface area contributed by atoms with Crippen LogP contribution < -0.4 is 15.4 Å². The molecule has 0 saturated carbocycles. The molecule has 5 aromatic rings. The van der Waals surface area contributed by atoms with Crippen LogP contribution in [0, 0.1) is 6.92 Å². The van der Waals surface area contributed by atoms with E-state index in [4.69, 9.17) is 9.47 Å². The first-order valence-corrected chi connectivity index (χ1v) is 14.2. The summed E-state index contributed by atoms with van der Waals surface area (Å²) in [6.07, 6.45) is 9.29. The highest BCUT2D eigenvalue weighted by Crippen LogP contribution is 2.35. The maximum absolute atomic E-state index is 12.6. The largest absolute Gasteiger partial charge is 0.457 e. The average Bonchev–Trinajstić information content (AvgIpc) is 3.59. The zero-order valence-electron chi connectivity index (χ0n) is 24.9. The summed E-state index contributed by atoms with van der Waals surface area (Å²) < 4.78 is 14.8. The summed E-state index contributed by atoms with van der Waals surface area (Å²) in [5.74, 6) is 2.10. The Bertz CT molecular complexity index is 1870. The number of hydrogen-bond donors (Lipinski definition) is 2. The maximum atomic E-state index is 12.6. The van der Waals surface area contributed by atoms with E-state index in [1.807, 2.05) is 49.5 Å². The molecule has 1 fully saturated rings. The maximum Gasteiger partial charge on any atom is 0.407 e. The van der Waals surface area contributed by atoms with Crippen LogP contribution in [0.1, 0.15) is 37.8 Å². The van der Waals surface area contributed by atoms with Crippen LogP contribution >= 0.6 is 0 Å². The van der Waals surface area contributed by atoms with Crippen molar-refractivity contribution in [1.29, 1.82) is 0 Å². The molecular weight excluding hydrogens is 562 g/mol. The minimum atomic E-state index is -0.575. The SMILES string of the molecule is Cc1cc(Nc2ncnn3ccc(C4CN(C(=O)/C=C/CNC(=O)OC(C)(C)C)C4)c23)ccc1Oc1ccn2ncnc2c1. The van der Waals surface area contributed by atoms with Crippen molar-refractivity contribution in [3.8, 4) is 11.5 Å². The van der Waals surface area contributed by atoms with Gasteiger partial charge in [0.2, 0.25) is 5.91 Å². The number of carbonyl (C=O) groups excluding carboxylic acids is 2. The van der Waals surface area contributed by atoms with Gasteiger partial charge in [0.15, 0.2) is 11.5 Å².